The minimum absolute atomic E-state index is 0. The minimum Gasteiger partial charge on any atom is -0.673 e. The Morgan fingerprint density at radius 3 is 1.95 bits per heavy atom. The van der Waals surface area contributed by atoms with Crippen LogP contribution in [-0.4, -0.2) is 5.54 Å². The molecule has 0 aromatic heterocycles. The van der Waals surface area contributed by atoms with E-state index in [4.69, 9.17) is 5.73 Å². The van der Waals surface area contributed by atoms with Crippen molar-refractivity contribution in [1.29, 1.82) is 0 Å². The summed E-state index contributed by atoms with van der Waals surface area (Å²) in [6, 6.07) is 8.31. The fraction of sp³-hybridized carbons (Fsp3) is 0.353. The maximum absolute atomic E-state index is 6.94. The maximum atomic E-state index is 6.94. The Hall–Kier alpha value is -0.176. The van der Waals surface area contributed by atoms with Crippen LogP contribution in [-0.2, 0) is 21.7 Å². The molecule has 0 aliphatic heterocycles. The van der Waals surface area contributed by atoms with Crippen LogP contribution in [0, 0.1) is 6.92 Å². The molecule has 0 fully saturated rings. The summed E-state index contributed by atoms with van der Waals surface area (Å²) < 4.78 is 0. The minimum atomic E-state index is -0.250. The van der Waals surface area contributed by atoms with E-state index in [1.165, 1.54) is 16.7 Å². The molecule has 0 heterocycles. The molecule has 1 aromatic carbocycles. The number of hydrogen-bond acceptors (Lipinski definition) is 0. The van der Waals surface area contributed by atoms with Gasteiger partial charge in [-0.2, -0.15) is 18.6 Å². The van der Waals surface area contributed by atoms with Crippen molar-refractivity contribution in [3.8, 4) is 0 Å². The molecule has 0 radical (unpaired) electrons. The van der Waals surface area contributed by atoms with Gasteiger partial charge in [0.25, 0.3) is 0 Å². The Morgan fingerprint density at radius 1 is 1.10 bits per heavy atom. The zero-order valence-electron chi connectivity index (χ0n) is 13.2. The largest absolute Gasteiger partial charge is 2.00 e. The molecule has 1 aromatic rings. The van der Waals surface area contributed by atoms with Gasteiger partial charge in [0, 0.05) is 0 Å². The van der Waals surface area contributed by atoms with Crippen LogP contribution in [0.25, 0.3) is 11.3 Å². The van der Waals surface area contributed by atoms with Crippen molar-refractivity contribution in [2.45, 2.75) is 39.7 Å². The van der Waals surface area contributed by atoms with E-state index >= 15 is 0 Å². The van der Waals surface area contributed by atoms with Crippen molar-refractivity contribution in [3.05, 3.63) is 65.8 Å². The van der Waals surface area contributed by atoms with Crippen molar-refractivity contribution in [3.63, 3.8) is 0 Å². The van der Waals surface area contributed by atoms with E-state index in [1.807, 2.05) is 26.8 Å². The number of benzene rings is 1. The number of rotatable bonds is 1. The van der Waals surface area contributed by atoms with Gasteiger partial charge < -0.3 is 5.73 Å². The molecule has 1 N–H and O–H groups in total. The molecule has 0 spiro atoms. The molecule has 21 heavy (non-hydrogen) atoms. The third-order valence-electron chi connectivity index (χ3n) is 2.51. The Balaban J connectivity index is -0.000000360. The molecule has 1 nitrogen and oxygen atoms in total. The fourth-order valence-corrected chi connectivity index (χ4v) is 1.75. The Labute approximate surface area is 157 Å². The van der Waals surface area contributed by atoms with E-state index in [0.29, 0.717) is 0 Å². The molecule has 4 heteroatoms. The number of allylic oxidation sites excluding steroid dienone is 4. The zero-order valence-corrected chi connectivity index (χ0v) is 16.4. The van der Waals surface area contributed by atoms with Gasteiger partial charge in [0.05, 0.1) is 0 Å². The molecule has 0 bridgehead atoms. The normalized spacial score (nSPS) is 12.4. The van der Waals surface area contributed by atoms with Gasteiger partial charge in [-0.1, -0.05) is 50.1 Å². The molecule has 0 atom stereocenters. The summed E-state index contributed by atoms with van der Waals surface area (Å²) in [5.41, 5.74) is 11.9. The first kappa shape index (κ1) is 25.8. The molecule has 116 valence electrons. The van der Waals surface area contributed by atoms with Gasteiger partial charge in [-0.15, -0.1) is 48.0 Å². The molecule has 0 amide bonds. The summed E-state index contributed by atoms with van der Waals surface area (Å²) in [5.74, 6) is 0. The smallest absolute Gasteiger partial charge is 0.673 e. The van der Waals surface area contributed by atoms with Crippen LogP contribution >= 0.6 is 24.8 Å². The molecule has 1 aliphatic carbocycles. The van der Waals surface area contributed by atoms with Crippen LogP contribution < -0.4 is 0 Å². The van der Waals surface area contributed by atoms with E-state index in [1.54, 1.807) is 0 Å². The van der Waals surface area contributed by atoms with Gasteiger partial charge in [-0.05, 0) is 13.3 Å². The second-order valence-corrected chi connectivity index (χ2v) is 5.68. The predicted molar refractivity (Wildman–Crippen MR) is 95.8 cm³/mol. The Kier molecular flexibility index (Phi) is 14.0. The first-order valence-corrected chi connectivity index (χ1v) is 6.31. The summed E-state index contributed by atoms with van der Waals surface area (Å²) >= 11 is 0. The molecule has 0 saturated heterocycles. The van der Waals surface area contributed by atoms with Crippen LogP contribution in [0.15, 0.2) is 42.0 Å². The fourth-order valence-electron chi connectivity index (χ4n) is 1.75. The van der Waals surface area contributed by atoms with E-state index in [9.17, 15) is 0 Å². The van der Waals surface area contributed by atoms with Gasteiger partial charge in [0.15, 0.2) is 0 Å². The molecule has 1 aliphatic rings. The third-order valence-corrected chi connectivity index (χ3v) is 2.51. The van der Waals surface area contributed by atoms with Crippen LogP contribution in [0.3, 0.4) is 0 Å². The molecule has 0 unspecified atom stereocenters. The monoisotopic (exact) mass is 361 g/mol. The van der Waals surface area contributed by atoms with Crippen LogP contribution in [0.1, 0.15) is 45.2 Å². The number of hydrogen-bond donors (Lipinski definition) is 0. The zero-order chi connectivity index (χ0) is 13.8. The summed E-state index contributed by atoms with van der Waals surface area (Å²) in [5, 5.41) is 0. The molecule has 0 saturated carbocycles. The predicted octanol–water partition coefficient (Wildman–Crippen LogP) is 6.28. The summed E-state index contributed by atoms with van der Waals surface area (Å²) in [6.45, 7) is 11.8. The van der Waals surface area contributed by atoms with E-state index in [-0.39, 0.29) is 52.1 Å². The van der Waals surface area contributed by atoms with Crippen LogP contribution in [0.2, 0.25) is 0 Å². The first-order chi connectivity index (χ1) is 8.29. The molecule has 2 rings (SSSR count). The number of halogens is 2. The Bertz CT molecular complexity index is 468. The van der Waals surface area contributed by atoms with Crippen molar-refractivity contribution >= 4 is 30.4 Å². The molecular weight excluding hydrogens is 337 g/mol. The van der Waals surface area contributed by atoms with Gasteiger partial charge in [-0.3, -0.25) is 0 Å². The van der Waals surface area contributed by atoms with Crippen molar-refractivity contribution in [2.24, 2.45) is 0 Å². The standard InChI is InChI=1S/C13H13.C4H10N.2ClH.Ti/c1-10-6-3-4-8-12(10)13-9-5-7-11(13)2;1-4(2,3)5;;;/h3-8H,1,9H2,2H3;5H,1-3H3;2*1H;/q2*-1;;;+2. The quantitative estimate of drug-likeness (QED) is 0.415. The second kappa shape index (κ2) is 11.4. The van der Waals surface area contributed by atoms with Crippen molar-refractivity contribution in [2.75, 3.05) is 0 Å². The SMILES string of the molecule is CC(C)(C)[NH-].Cl.Cl.[CH2-]c1ccccc1C1=C(C)C=CC1.[Ti+2]. The topological polar surface area (TPSA) is 23.8 Å². The van der Waals surface area contributed by atoms with Crippen molar-refractivity contribution in [1.82, 2.24) is 0 Å². The third kappa shape index (κ3) is 10.2. The average Bonchev–Trinajstić information content (AvgIpc) is 2.63. The van der Waals surface area contributed by atoms with Crippen LogP contribution in [0.4, 0.5) is 0 Å². The average molecular weight is 362 g/mol. The maximum Gasteiger partial charge on any atom is 2.00 e. The molecular formula is C17H25Cl2NTi. The van der Waals surface area contributed by atoms with Gasteiger partial charge in [0.2, 0.25) is 0 Å². The first-order valence-electron chi connectivity index (χ1n) is 6.31. The summed E-state index contributed by atoms with van der Waals surface area (Å²) in [7, 11) is 0. The van der Waals surface area contributed by atoms with Crippen LogP contribution in [0.5, 0.6) is 0 Å². The van der Waals surface area contributed by atoms with Gasteiger partial charge >= 0.3 is 21.7 Å². The summed E-state index contributed by atoms with van der Waals surface area (Å²) in [4.78, 5) is 0. The summed E-state index contributed by atoms with van der Waals surface area (Å²) in [6.07, 6.45) is 5.44. The van der Waals surface area contributed by atoms with E-state index in [2.05, 4.69) is 44.2 Å². The second-order valence-electron chi connectivity index (χ2n) is 5.68. The Morgan fingerprint density at radius 2 is 1.57 bits per heavy atom. The van der Waals surface area contributed by atoms with Gasteiger partial charge in [0.1, 0.15) is 0 Å². The number of nitrogens with one attached hydrogen (secondary N) is 1. The van der Waals surface area contributed by atoms with E-state index < -0.39 is 0 Å². The van der Waals surface area contributed by atoms with Gasteiger partial charge in [-0.25, -0.2) is 0 Å². The van der Waals surface area contributed by atoms with Crippen molar-refractivity contribution < 1.29 is 21.7 Å². The van der Waals surface area contributed by atoms with E-state index in [0.717, 1.165) is 12.0 Å².